The van der Waals surface area contributed by atoms with Crippen molar-refractivity contribution in [3.05, 3.63) is 35.9 Å². The zero-order valence-corrected chi connectivity index (χ0v) is 16.9. The Balaban J connectivity index is 2.07. The smallest absolute Gasteiger partial charge is 0.251 e. The van der Waals surface area contributed by atoms with E-state index in [2.05, 4.69) is 10.6 Å². The Bertz CT molecular complexity index is 657. The Kier molecular flexibility index (Phi) is 8.44. The van der Waals surface area contributed by atoms with Gasteiger partial charge in [0.25, 0.3) is 5.91 Å². The van der Waals surface area contributed by atoms with E-state index in [1.54, 1.807) is 29.2 Å². The van der Waals surface area contributed by atoms with E-state index in [1.165, 1.54) is 7.11 Å². The van der Waals surface area contributed by atoms with Crippen LogP contribution in [0.2, 0.25) is 0 Å². The molecule has 0 aliphatic carbocycles. The Labute approximate surface area is 166 Å². The molecule has 0 bridgehead atoms. The van der Waals surface area contributed by atoms with E-state index < -0.39 is 6.04 Å². The quantitative estimate of drug-likeness (QED) is 0.707. The molecule has 2 rings (SSSR count). The lowest BCUT2D eigenvalue weighted by molar-refractivity contribution is -0.136. The van der Waals surface area contributed by atoms with Crippen molar-refractivity contribution >= 4 is 17.7 Å². The van der Waals surface area contributed by atoms with Gasteiger partial charge in [-0.3, -0.25) is 14.4 Å². The lowest BCUT2D eigenvalue weighted by Crippen LogP contribution is -2.55. The van der Waals surface area contributed by atoms with Gasteiger partial charge < -0.3 is 20.3 Å². The fourth-order valence-corrected chi connectivity index (χ4v) is 3.34. The van der Waals surface area contributed by atoms with Crippen molar-refractivity contribution in [2.24, 2.45) is 5.92 Å². The number of rotatable bonds is 8. The number of hydrogen-bond donors (Lipinski definition) is 2. The summed E-state index contributed by atoms with van der Waals surface area (Å²) in [5.41, 5.74) is 0.525. The van der Waals surface area contributed by atoms with Crippen LogP contribution in [-0.4, -0.2) is 61.5 Å². The highest BCUT2D eigenvalue weighted by Gasteiger charge is 2.34. The van der Waals surface area contributed by atoms with Crippen molar-refractivity contribution in [3.8, 4) is 0 Å². The Morgan fingerprint density at radius 2 is 1.79 bits per heavy atom. The van der Waals surface area contributed by atoms with Gasteiger partial charge in [-0.1, -0.05) is 25.1 Å². The molecule has 1 saturated heterocycles. The molecule has 28 heavy (non-hydrogen) atoms. The maximum atomic E-state index is 12.9. The second-order valence-electron chi connectivity index (χ2n) is 7.29. The van der Waals surface area contributed by atoms with E-state index in [0.717, 1.165) is 6.42 Å². The summed E-state index contributed by atoms with van der Waals surface area (Å²) in [5, 5.41) is 5.91. The summed E-state index contributed by atoms with van der Waals surface area (Å²) < 4.78 is 4.91. The summed E-state index contributed by atoms with van der Waals surface area (Å²) in [4.78, 5) is 39.3. The van der Waals surface area contributed by atoms with E-state index in [1.807, 2.05) is 19.9 Å². The molecule has 1 fully saturated rings. The first-order valence-electron chi connectivity index (χ1n) is 9.89. The molecular formula is C21H31N3O4. The number of piperidine rings is 1. The van der Waals surface area contributed by atoms with Crippen molar-refractivity contribution in [1.82, 2.24) is 15.5 Å². The fourth-order valence-electron chi connectivity index (χ4n) is 3.34. The molecule has 7 heteroatoms. The summed E-state index contributed by atoms with van der Waals surface area (Å²) in [6.07, 6.45) is 2.13. The van der Waals surface area contributed by atoms with Gasteiger partial charge in [0.15, 0.2) is 0 Å². The number of nitrogens with one attached hydrogen (secondary N) is 2. The van der Waals surface area contributed by atoms with Crippen LogP contribution in [0.3, 0.4) is 0 Å². The van der Waals surface area contributed by atoms with Gasteiger partial charge in [0.1, 0.15) is 12.6 Å². The average molecular weight is 389 g/mol. The molecule has 1 aliphatic rings. The van der Waals surface area contributed by atoms with Gasteiger partial charge in [-0.2, -0.15) is 0 Å². The van der Waals surface area contributed by atoms with Crippen LogP contribution in [0.5, 0.6) is 0 Å². The first-order chi connectivity index (χ1) is 13.5. The third kappa shape index (κ3) is 6.05. The number of methoxy groups -OCH3 is 1. The minimum Gasteiger partial charge on any atom is -0.375 e. The number of carbonyl (C=O) groups excluding carboxylic acids is 3. The predicted octanol–water partition coefficient (Wildman–Crippen LogP) is 1.58. The number of hydrogen-bond acceptors (Lipinski definition) is 4. The molecule has 2 atom stereocenters. The van der Waals surface area contributed by atoms with Crippen LogP contribution < -0.4 is 10.6 Å². The molecular weight excluding hydrogens is 358 g/mol. The maximum Gasteiger partial charge on any atom is 0.251 e. The molecule has 154 valence electrons. The molecule has 1 heterocycles. The van der Waals surface area contributed by atoms with E-state index in [-0.39, 0.29) is 36.3 Å². The predicted molar refractivity (Wildman–Crippen MR) is 107 cm³/mol. The largest absolute Gasteiger partial charge is 0.375 e. The maximum absolute atomic E-state index is 12.9. The monoisotopic (exact) mass is 389 g/mol. The van der Waals surface area contributed by atoms with E-state index in [4.69, 9.17) is 4.74 Å². The fraction of sp³-hybridized carbons (Fsp3) is 0.571. The number of benzene rings is 1. The number of ether oxygens (including phenoxy) is 1. The summed E-state index contributed by atoms with van der Waals surface area (Å²) in [7, 11) is 1.50. The van der Waals surface area contributed by atoms with Gasteiger partial charge >= 0.3 is 0 Å². The average Bonchev–Trinajstić information content (AvgIpc) is 2.72. The number of amides is 3. The van der Waals surface area contributed by atoms with Crippen LogP contribution in [-0.2, 0) is 14.3 Å². The molecule has 0 unspecified atom stereocenters. The minimum atomic E-state index is -0.624. The van der Waals surface area contributed by atoms with Gasteiger partial charge in [0.2, 0.25) is 11.8 Å². The van der Waals surface area contributed by atoms with Crippen molar-refractivity contribution in [2.45, 2.75) is 45.2 Å². The van der Waals surface area contributed by atoms with Crippen molar-refractivity contribution in [2.75, 3.05) is 26.8 Å². The third-order valence-electron chi connectivity index (χ3n) is 5.24. The Morgan fingerprint density at radius 3 is 2.36 bits per heavy atom. The molecule has 1 aromatic carbocycles. The molecule has 0 spiro atoms. The third-order valence-corrected chi connectivity index (χ3v) is 5.24. The molecule has 0 radical (unpaired) electrons. The Morgan fingerprint density at radius 1 is 1.14 bits per heavy atom. The summed E-state index contributed by atoms with van der Waals surface area (Å²) in [5.74, 6) is -0.499. The molecule has 1 aliphatic heterocycles. The standard InChI is InChI=1S/C21H31N3O4/c1-4-15(2)22-21(27)19(23-20(26)17-8-6-5-7-9-17)16-10-12-24(13-11-16)18(25)14-28-3/h5-9,15-16,19H,4,10-14H2,1-3H3,(H,22,27)(H,23,26)/t15-,19+/m1/s1. The highest BCUT2D eigenvalue weighted by molar-refractivity contribution is 5.97. The lowest BCUT2D eigenvalue weighted by atomic mass is 9.88. The first-order valence-corrected chi connectivity index (χ1v) is 9.89. The Hall–Kier alpha value is -2.41. The van der Waals surface area contributed by atoms with Crippen molar-refractivity contribution in [3.63, 3.8) is 0 Å². The van der Waals surface area contributed by atoms with Gasteiger partial charge in [0, 0.05) is 31.8 Å². The van der Waals surface area contributed by atoms with Crippen molar-refractivity contribution < 1.29 is 19.1 Å². The summed E-state index contributed by atoms with van der Waals surface area (Å²) in [6, 6.07) is 8.30. The van der Waals surface area contributed by atoms with Gasteiger partial charge in [-0.25, -0.2) is 0 Å². The molecule has 3 amide bonds. The minimum absolute atomic E-state index is 0.0247. The lowest BCUT2D eigenvalue weighted by Gasteiger charge is -2.36. The van der Waals surface area contributed by atoms with Crippen LogP contribution in [0, 0.1) is 5.92 Å². The van der Waals surface area contributed by atoms with Gasteiger partial charge in [-0.15, -0.1) is 0 Å². The second-order valence-corrected chi connectivity index (χ2v) is 7.29. The van der Waals surface area contributed by atoms with Crippen LogP contribution in [0.4, 0.5) is 0 Å². The van der Waals surface area contributed by atoms with E-state index in [9.17, 15) is 14.4 Å². The highest BCUT2D eigenvalue weighted by atomic mass is 16.5. The van der Waals surface area contributed by atoms with E-state index in [0.29, 0.717) is 31.5 Å². The normalized spacial score (nSPS) is 16.9. The zero-order chi connectivity index (χ0) is 20.5. The van der Waals surface area contributed by atoms with Crippen LogP contribution in [0.25, 0.3) is 0 Å². The molecule has 2 N–H and O–H groups in total. The molecule has 0 aromatic heterocycles. The van der Waals surface area contributed by atoms with Gasteiger partial charge in [0.05, 0.1) is 0 Å². The topological polar surface area (TPSA) is 87.7 Å². The van der Waals surface area contributed by atoms with E-state index >= 15 is 0 Å². The zero-order valence-electron chi connectivity index (χ0n) is 16.9. The summed E-state index contributed by atoms with van der Waals surface area (Å²) >= 11 is 0. The second kappa shape index (κ2) is 10.8. The van der Waals surface area contributed by atoms with Crippen molar-refractivity contribution in [1.29, 1.82) is 0 Å². The molecule has 7 nitrogen and oxygen atoms in total. The van der Waals surface area contributed by atoms with Crippen LogP contribution in [0.15, 0.2) is 30.3 Å². The number of likely N-dealkylation sites (tertiary alicyclic amines) is 1. The van der Waals surface area contributed by atoms with Gasteiger partial charge in [-0.05, 0) is 44.2 Å². The number of nitrogens with zero attached hydrogens (tertiary/aromatic N) is 1. The van der Waals surface area contributed by atoms with Crippen LogP contribution in [0.1, 0.15) is 43.5 Å². The summed E-state index contributed by atoms with van der Waals surface area (Å²) in [6.45, 7) is 5.12. The highest BCUT2D eigenvalue weighted by Crippen LogP contribution is 2.22. The SMILES string of the molecule is CC[C@@H](C)NC(=O)[C@@H](NC(=O)c1ccccc1)C1CCN(C(=O)COC)CC1. The molecule has 1 aromatic rings. The number of carbonyl (C=O) groups is 3. The first kappa shape index (κ1) is 21.9. The molecule has 0 saturated carbocycles. The van der Waals surface area contributed by atoms with Crippen LogP contribution >= 0.6 is 0 Å².